The second kappa shape index (κ2) is 4.30. The molecule has 0 amide bonds. The van der Waals surface area contributed by atoms with E-state index in [-0.39, 0.29) is 0 Å². The minimum absolute atomic E-state index is 0.665. The number of imidazole rings is 1. The summed E-state index contributed by atoms with van der Waals surface area (Å²) in [5, 5.41) is 0. The average molecular weight is 243 g/mol. The first-order valence-electron chi connectivity index (χ1n) is 6.88. The first kappa shape index (κ1) is 11.6. The molecule has 1 fully saturated rings. The van der Waals surface area contributed by atoms with E-state index in [1.165, 1.54) is 30.3 Å². The van der Waals surface area contributed by atoms with Gasteiger partial charge < -0.3 is 10.3 Å². The number of hydrogen-bond acceptors (Lipinski definition) is 2. The van der Waals surface area contributed by atoms with Crippen LogP contribution in [-0.4, -0.2) is 9.55 Å². The number of anilines is 1. The fourth-order valence-electron chi connectivity index (χ4n) is 3.22. The number of nitrogens with zero attached hydrogens (tertiary/aromatic N) is 2. The van der Waals surface area contributed by atoms with Crippen LogP contribution in [0.2, 0.25) is 0 Å². The summed E-state index contributed by atoms with van der Waals surface area (Å²) in [6, 6.07) is 6.32. The molecule has 3 nitrogen and oxygen atoms in total. The number of para-hydroxylation sites is 1. The van der Waals surface area contributed by atoms with E-state index in [0.29, 0.717) is 5.95 Å². The predicted octanol–water partition coefficient (Wildman–Crippen LogP) is 3.36. The molecule has 1 aliphatic carbocycles. The molecule has 2 unspecified atom stereocenters. The molecule has 0 spiro atoms. The van der Waals surface area contributed by atoms with Crippen LogP contribution >= 0.6 is 0 Å². The van der Waals surface area contributed by atoms with Gasteiger partial charge in [0.25, 0.3) is 0 Å². The highest BCUT2D eigenvalue weighted by Crippen LogP contribution is 2.34. The summed E-state index contributed by atoms with van der Waals surface area (Å²) in [4.78, 5) is 4.52. The van der Waals surface area contributed by atoms with Gasteiger partial charge in [-0.2, -0.15) is 0 Å². The standard InChI is InChI=1S/C15H21N3/c1-10-5-3-7-12(10)9-18-13-8-4-6-11(2)14(13)17-15(18)16/h4,6,8,10,12H,3,5,7,9H2,1-2H3,(H2,16,17). The Bertz CT molecular complexity index is 570. The molecule has 3 heteroatoms. The highest BCUT2D eigenvalue weighted by Gasteiger charge is 2.25. The Morgan fingerprint density at radius 2 is 2.22 bits per heavy atom. The maximum absolute atomic E-state index is 6.10. The van der Waals surface area contributed by atoms with Crippen LogP contribution in [0.15, 0.2) is 18.2 Å². The minimum Gasteiger partial charge on any atom is -0.369 e. The van der Waals surface area contributed by atoms with Crippen LogP contribution in [0, 0.1) is 18.8 Å². The number of nitrogen functional groups attached to an aromatic ring is 1. The molecule has 18 heavy (non-hydrogen) atoms. The fourth-order valence-corrected chi connectivity index (χ4v) is 3.22. The Balaban J connectivity index is 2.01. The van der Waals surface area contributed by atoms with Gasteiger partial charge in [-0.25, -0.2) is 4.98 Å². The molecule has 2 N–H and O–H groups in total. The highest BCUT2D eigenvalue weighted by molar-refractivity contribution is 5.81. The summed E-state index contributed by atoms with van der Waals surface area (Å²) in [7, 11) is 0. The topological polar surface area (TPSA) is 43.8 Å². The molecule has 0 radical (unpaired) electrons. The van der Waals surface area contributed by atoms with Crippen molar-refractivity contribution in [2.24, 2.45) is 11.8 Å². The lowest BCUT2D eigenvalue weighted by molar-refractivity contribution is 0.370. The Morgan fingerprint density at radius 3 is 2.94 bits per heavy atom. The molecule has 96 valence electrons. The maximum Gasteiger partial charge on any atom is 0.201 e. The fraction of sp³-hybridized carbons (Fsp3) is 0.533. The van der Waals surface area contributed by atoms with Gasteiger partial charge in [-0.1, -0.05) is 31.9 Å². The van der Waals surface area contributed by atoms with Crippen LogP contribution in [0.1, 0.15) is 31.7 Å². The van der Waals surface area contributed by atoms with Gasteiger partial charge in [0.2, 0.25) is 5.95 Å². The molecule has 3 rings (SSSR count). The van der Waals surface area contributed by atoms with Gasteiger partial charge in [0.15, 0.2) is 0 Å². The molecule has 1 aromatic carbocycles. The lowest BCUT2D eigenvalue weighted by Crippen LogP contribution is -2.14. The molecule has 0 saturated heterocycles. The van der Waals surface area contributed by atoms with E-state index in [2.05, 4.69) is 41.6 Å². The van der Waals surface area contributed by atoms with E-state index in [0.717, 1.165) is 23.9 Å². The number of fused-ring (bicyclic) bond motifs is 1. The molecular weight excluding hydrogens is 222 g/mol. The third kappa shape index (κ3) is 1.78. The van der Waals surface area contributed by atoms with Crippen molar-refractivity contribution in [3.05, 3.63) is 23.8 Å². The van der Waals surface area contributed by atoms with Crippen LogP contribution in [0.5, 0.6) is 0 Å². The maximum atomic E-state index is 6.10. The molecule has 1 saturated carbocycles. The van der Waals surface area contributed by atoms with Crippen molar-refractivity contribution in [2.45, 2.75) is 39.7 Å². The first-order chi connectivity index (χ1) is 8.66. The van der Waals surface area contributed by atoms with Gasteiger partial charge in [-0.05, 0) is 36.8 Å². The molecule has 2 aromatic rings. The van der Waals surface area contributed by atoms with Crippen LogP contribution in [0.3, 0.4) is 0 Å². The Morgan fingerprint density at radius 1 is 1.39 bits per heavy atom. The largest absolute Gasteiger partial charge is 0.369 e. The van der Waals surface area contributed by atoms with E-state index in [9.17, 15) is 0 Å². The quantitative estimate of drug-likeness (QED) is 0.879. The van der Waals surface area contributed by atoms with E-state index in [4.69, 9.17) is 5.73 Å². The molecular formula is C15H21N3. The number of rotatable bonds is 2. The Hall–Kier alpha value is -1.51. The summed E-state index contributed by atoms with van der Waals surface area (Å²) in [5.74, 6) is 2.23. The Labute approximate surface area is 108 Å². The lowest BCUT2D eigenvalue weighted by Gasteiger charge is -2.17. The molecule has 1 aliphatic rings. The monoisotopic (exact) mass is 243 g/mol. The second-order valence-corrected chi connectivity index (χ2v) is 5.69. The normalized spacial score (nSPS) is 23.9. The Kier molecular flexibility index (Phi) is 2.77. The van der Waals surface area contributed by atoms with Crippen LogP contribution in [0.25, 0.3) is 11.0 Å². The third-order valence-corrected chi connectivity index (χ3v) is 4.47. The average Bonchev–Trinajstić information content (AvgIpc) is 2.87. The van der Waals surface area contributed by atoms with Gasteiger partial charge in [-0.3, -0.25) is 0 Å². The number of aromatic nitrogens is 2. The number of nitrogens with two attached hydrogens (primary N) is 1. The van der Waals surface area contributed by atoms with Crippen LogP contribution in [0.4, 0.5) is 5.95 Å². The van der Waals surface area contributed by atoms with Crippen molar-refractivity contribution in [2.75, 3.05) is 5.73 Å². The number of benzene rings is 1. The predicted molar refractivity (Wildman–Crippen MR) is 75.4 cm³/mol. The summed E-state index contributed by atoms with van der Waals surface area (Å²) in [6.45, 7) is 5.47. The zero-order valence-corrected chi connectivity index (χ0v) is 11.2. The second-order valence-electron chi connectivity index (χ2n) is 5.69. The zero-order chi connectivity index (χ0) is 12.7. The first-order valence-corrected chi connectivity index (χ1v) is 6.88. The van der Waals surface area contributed by atoms with Crippen LogP contribution < -0.4 is 5.73 Å². The van der Waals surface area contributed by atoms with E-state index in [1.807, 2.05) is 0 Å². The van der Waals surface area contributed by atoms with Crippen molar-refractivity contribution in [1.29, 1.82) is 0 Å². The highest BCUT2D eigenvalue weighted by atomic mass is 15.2. The van der Waals surface area contributed by atoms with Gasteiger partial charge in [0.05, 0.1) is 11.0 Å². The SMILES string of the molecule is Cc1cccc2c1nc(N)n2CC1CCCC1C. The molecule has 0 aliphatic heterocycles. The van der Waals surface area contributed by atoms with Gasteiger partial charge in [0, 0.05) is 6.54 Å². The number of hydrogen-bond donors (Lipinski definition) is 1. The van der Waals surface area contributed by atoms with Crippen molar-refractivity contribution in [3.63, 3.8) is 0 Å². The van der Waals surface area contributed by atoms with Gasteiger partial charge in [-0.15, -0.1) is 0 Å². The van der Waals surface area contributed by atoms with Crippen LogP contribution in [-0.2, 0) is 6.54 Å². The zero-order valence-electron chi connectivity index (χ0n) is 11.2. The van der Waals surface area contributed by atoms with Gasteiger partial charge >= 0.3 is 0 Å². The van der Waals surface area contributed by atoms with Crippen molar-refractivity contribution in [1.82, 2.24) is 9.55 Å². The summed E-state index contributed by atoms with van der Waals surface area (Å²) in [6.07, 6.45) is 4.04. The van der Waals surface area contributed by atoms with E-state index < -0.39 is 0 Å². The van der Waals surface area contributed by atoms with Crippen molar-refractivity contribution < 1.29 is 0 Å². The third-order valence-electron chi connectivity index (χ3n) is 4.47. The van der Waals surface area contributed by atoms with E-state index in [1.54, 1.807) is 0 Å². The number of aryl methyl sites for hydroxylation is 1. The van der Waals surface area contributed by atoms with Crippen molar-refractivity contribution >= 4 is 17.0 Å². The molecule has 0 bridgehead atoms. The lowest BCUT2D eigenvalue weighted by atomic mass is 9.98. The summed E-state index contributed by atoms with van der Waals surface area (Å²) >= 11 is 0. The smallest absolute Gasteiger partial charge is 0.201 e. The van der Waals surface area contributed by atoms with Gasteiger partial charge in [0.1, 0.15) is 0 Å². The molecule has 2 atom stereocenters. The minimum atomic E-state index is 0.665. The molecule has 1 aromatic heterocycles. The molecule has 1 heterocycles. The van der Waals surface area contributed by atoms with E-state index >= 15 is 0 Å². The summed E-state index contributed by atoms with van der Waals surface area (Å²) < 4.78 is 2.20. The summed E-state index contributed by atoms with van der Waals surface area (Å²) in [5.41, 5.74) is 9.55. The van der Waals surface area contributed by atoms with Crippen molar-refractivity contribution in [3.8, 4) is 0 Å².